The van der Waals surface area contributed by atoms with Crippen LogP contribution in [0.3, 0.4) is 0 Å². The molecule has 0 radical (unpaired) electrons. The summed E-state index contributed by atoms with van der Waals surface area (Å²) in [5, 5.41) is 3.00. The van der Waals surface area contributed by atoms with Crippen LogP contribution >= 0.6 is 31.9 Å². The van der Waals surface area contributed by atoms with Crippen LogP contribution in [0, 0.1) is 0 Å². The lowest BCUT2D eigenvalue weighted by Crippen LogP contribution is -2.36. The maximum atomic E-state index is 13.0. The molecule has 2 aromatic carbocycles. The van der Waals surface area contributed by atoms with E-state index in [4.69, 9.17) is 14.2 Å². The molecule has 1 amide bonds. The highest BCUT2D eigenvalue weighted by Gasteiger charge is 2.20. The van der Waals surface area contributed by atoms with Gasteiger partial charge in [0.15, 0.2) is 0 Å². The van der Waals surface area contributed by atoms with E-state index < -0.39 is 0 Å². The molecule has 1 N–H and O–H groups in total. The SMILES string of the molecule is COc1ccc(N2CCOCC2)c(NC(=O)c2cc(Br)cc(Br)c2OC)c1. The van der Waals surface area contributed by atoms with Gasteiger partial charge in [-0.25, -0.2) is 0 Å². The van der Waals surface area contributed by atoms with E-state index in [1.54, 1.807) is 13.2 Å². The molecule has 144 valence electrons. The third-order valence-corrected chi connectivity index (χ3v) is 5.31. The van der Waals surface area contributed by atoms with Crippen molar-refractivity contribution in [2.24, 2.45) is 0 Å². The van der Waals surface area contributed by atoms with Crippen LogP contribution in [0.15, 0.2) is 39.3 Å². The van der Waals surface area contributed by atoms with Crippen molar-refractivity contribution in [1.29, 1.82) is 0 Å². The van der Waals surface area contributed by atoms with Gasteiger partial charge < -0.3 is 24.4 Å². The van der Waals surface area contributed by atoms with Crippen LogP contribution in [0.4, 0.5) is 11.4 Å². The first kappa shape index (κ1) is 20.0. The molecule has 0 saturated carbocycles. The van der Waals surface area contributed by atoms with E-state index in [2.05, 4.69) is 42.1 Å². The van der Waals surface area contributed by atoms with E-state index in [0.29, 0.717) is 40.4 Å². The molecule has 0 bridgehead atoms. The Bertz CT molecular complexity index is 839. The Morgan fingerprint density at radius 3 is 2.52 bits per heavy atom. The van der Waals surface area contributed by atoms with Gasteiger partial charge in [0.05, 0.1) is 48.8 Å². The van der Waals surface area contributed by atoms with E-state index in [1.807, 2.05) is 24.3 Å². The number of hydrogen-bond acceptors (Lipinski definition) is 5. The van der Waals surface area contributed by atoms with Crippen molar-refractivity contribution in [3.8, 4) is 11.5 Å². The standard InChI is InChI=1S/C19H20Br2N2O4/c1-25-13-3-4-17(23-5-7-27-8-6-23)16(11-13)22-19(24)14-9-12(20)10-15(21)18(14)26-2/h3-4,9-11H,5-8H2,1-2H3,(H,22,24). The molecule has 27 heavy (non-hydrogen) atoms. The van der Waals surface area contributed by atoms with Crippen LogP contribution < -0.4 is 19.7 Å². The average Bonchev–Trinajstić information content (AvgIpc) is 2.68. The highest BCUT2D eigenvalue weighted by atomic mass is 79.9. The normalized spacial score (nSPS) is 14.0. The van der Waals surface area contributed by atoms with Gasteiger partial charge >= 0.3 is 0 Å². The average molecular weight is 500 g/mol. The van der Waals surface area contributed by atoms with Crippen molar-refractivity contribution in [1.82, 2.24) is 0 Å². The van der Waals surface area contributed by atoms with Gasteiger partial charge in [0, 0.05) is 23.6 Å². The Labute approximate surface area is 175 Å². The van der Waals surface area contributed by atoms with Crippen LogP contribution in [0.25, 0.3) is 0 Å². The van der Waals surface area contributed by atoms with Crippen molar-refractivity contribution >= 4 is 49.1 Å². The number of ether oxygens (including phenoxy) is 3. The van der Waals surface area contributed by atoms with E-state index in [1.165, 1.54) is 7.11 Å². The van der Waals surface area contributed by atoms with Crippen molar-refractivity contribution in [3.63, 3.8) is 0 Å². The summed E-state index contributed by atoms with van der Waals surface area (Å²) in [5.74, 6) is 0.882. The maximum absolute atomic E-state index is 13.0. The lowest BCUT2D eigenvalue weighted by Gasteiger charge is -2.30. The fraction of sp³-hybridized carbons (Fsp3) is 0.316. The molecule has 3 rings (SSSR count). The Morgan fingerprint density at radius 2 is 1.85 bits per heavy atom. The predicted molar refractivity (Wildman–Crippen MR) is 112 cm³/mol. The smallest absolute Gasteiger partial charge is 0.259 e. The second-order valence-corrected chi connectivity index (χ2v) is 7.68. The molecule has 8 heteroatoms. The number of amides is 1. The minimum absolute atomic E-state index is 0.267. The molecule has 1 aliphatic rings. The summed E-state index contributed by atoms with van der Waals surface area (Å²) >= 11 is 6.86. The van der Waals surface area contributed by atoms with Crippen molar-refractivity contribution in [2.75, 3.05) is 50.7 Å². The number of hydrogen-bond donors (Lipinski definition) is 1. The van der Waals surface area contributed by atoms with E-state index in [0.717, 1.165) is 23.2 Å². The second kappa shape index (κ2) is 8.95. The van der Waals surface area contributed by atoms with Gasteiger partial charge in [-0.1, -0.05) is 15.9 Å². The van der Waals surface area contributed by atoms with Gasteiger partial charge in [-0.2, -0.15) is 0 Å². The number of morpholine rings is 1. The summed E-state index contributed by atoms with van der Waals surface area (Å²) in [6, 6.07) is 9.22. The Hall–Kier alpha value is -1.77. The summed E-state index contributed by atoms with van der Waals surface area (Å²) in [4.78, 5) is 15.2. The first-order valence-corrected chi connectivity index (χ1v) is 9.97. The summed E-state index contributed by atoms with van der Waals surface area (Å²) < 4.78 is 17.6. The summed E-state index contributed by atoms with van der Waals surface area (Å²) in [5.41, 5.74) is 2.04. The second-order valence-electron chi connectivity index (χ2n) is 5.91. The molecule has 1 heterocycles. The largest absolute Gasteiger partial charge is 0.497 e. The Morgan fingerprint density at radius 1 is 1.11 bits per heavy atom. The molecule has 1 aliphatic heterocycles. The zero-order valence-corrected chi connectivity index (χ0v) is 18.2. The fourth-order valence-electron chi connectivity index (χ4n) is 2.95. The molecule has 1 fully saturated rings. The fourth-order valence-corrected chi connectivity index (χ4v) is 4.34. The first-order chi connectivity index (χ1) is 13.0. The van der Waals surface area contributed by atoms with Gasteiger partial charge in [-0.3, -0.25) is 4.79 Å². The highest BCUT2D eigenvalue weighted by molar-refractivity contribution is 9.11. The highest BCUT2D eigenvalue weighted by Crippen LogP contribution is 2.35. The summed E-state index contributed by atoms with van der Waals surface area (Å²) in [7, 11) is 3.14. The van der Waals surface area contributed by atoms with Crippen LogP contribution in [0.5, 0.6) is 11.5 Å². The first-order valence-electron chi connectivity index (χ1n) is 8.38. The van der Waals surface area contributed by atoms with Crippen LogP contribution in [-0.2, 0) is 4.74 Å². The molecule has 0 unspecified atom stereocenters. The molecular formula is C19H20Br2N2O4. The number of benzene rings is 2. The Kier molecular flexibility index (Phi) is 6.62. The lowest BCUT2D eigenvalue weighted by molar-refractivity contribution is 0.102. The van der Waals surface area contributed by atoms with Crippen LogP contribution in [0.2, 0.25) is 0 Å². The predicted octanol–water partition coefficient (Wildman–Crippen LogP) is 4.32. The number of nitrogens with zero attached hydrogens (tertiary/aromatic N) is 1. The molecule has 0 atom stereocenters. The number of carbonyl (C=O) groups excluding carboxylic acids is 1. The topological polar surface area (TPSA) is 60.0 Å². The number of nitrogens with one attached hydrogen (secondary N) is 1. The minimum Gasteiger partial charge on any atom is -0.497 e. The van der Waals surface area contributed by atoms with Crippen molar-refractivity contribution in [3.05, 3.63) is 44.8 Å². The number of carbonyl (C=O) groups is 1. The van der Waals surface area contributed by atoms with Crippen LogP contribution in [0.1, 0.15) is 10.4 Å². The molecule has 1 saturated heterocycles. The van der Waals surface area contributed by atoms with Gasteiger partial charge in [0.1, 0.15) is 11.5 Å². The number of rotatable bonds is 5. The van der Waals surface area contributed by atoms with E-state index >= 15 is 0 Å². The molecule has 0 aliphatic carbocycles. The third-order valence-electron chi connectivity index (χ3n) is 4.26. The molecule has 2 aromatic rings. The van der Waals surface area contributed by atoms with Crippen molar-refractivity contribution < 1.29 is 19.0 Å². The summed E-state index contributed by atoms with van der Waals surface area (Å²) in [6.07, 6.45) is 0. The van der Waals surface area contributed by atoms with Gasteiger partial charge in [0.2, 0.25) is 0 Å². The maximum Gasteiger partial charge on any atom is 0.259 e. The zero-order valence-electron chi connectivity index (χ0n) is 15.1. The lowest BCUT2D eigenvalue weighted by atomic mass is 10.1. The van der Waals surface area contributed by atoms with Gasteiger partial charge in [-0.15, -0.1) is 0 Å². The third kappa shape index (κ3) is 4.56. The Balaban J connectivity index is 1.95. The molecule has 0 aromatic heterocycles. The zero-order chi connectivity index (χ0) is 19.4. The summed E-state index contributed by atoms with van der Waals surface area (Å²) in [6.45, 7) is 2.85. The van der Waals surface area contributed by atoms with Crippen LogP contribution in [-0.4, -0.2) is 46.4 Å². The van der Waals surface area contributed by atoms with E-state index in [9.17, 15) is 4.79 Å². The van der Waals surface area contributed by atoms with Crippen molar-refractivity contribution in [2.45, 2.75) is 0 Å². The van der Waals surface area contributed by atoms with Gasteiger partial charge in [-0.05, 0) is 40.2 Å². The molecule has 0 spiro atoms. The number of halogens is 2. The van der Waals surface area contributed by atoms with E-state index in [-0.39, 0.29) is 5.91 Å². The number of methoxy groups -OCH3 is 2. The molecule has 6 nitrogen and oxygen atoms in total. The van der Waals surface area contributed by atoms with Gasteiger partial charge in [0.25, 0.3) is 5.91 Å². The molecular weight excluding hydrogens is 480 g/mol. The number of anilines is 2. The quantitative estimate of drug-likeness (QED) is 0.663. The monoisotopic (exact) mass is 498 g/mol. The minimum atomic E-state index is -0.267.